The number of hydrogen-bond acceptors (Lipinski definition) is 5. The average Bonchev–Trinajstić information content (AvgIpc) is 2.86. The van der Waals surface area contributed by atoms with Gasteiger partial charge in [-0.05, 0) is 19.3 Å². The van der Waals surface area contributed by atoms with E-state index in [1.165, 1.54) is 32.1 Å². The van der Waals surface area contributed by atoms with Gasteiger partial charge in [0, 0.05) is 18.1 Å². The molecule has 1 heterocycles. The maximum absolute atomic E-state index is 8.46. The SMILES string of the molecule is N#CCCCc1nc(CSC2CCCCC2)no1. The van der Waals surface area contributed by atoms with E-state index in [9.17, 15) is 0 Å². The first-order valence-corrected chi connectivity index (χ1v) is 7.73. The molecule has 0 saturated heterocycles. The maximum Gasteiger partial charge on any atom is 0.226 e. The van der Waals surface area contributed by atoms with Crippen molar-refractivity contribution in [2.24, 2.45) is 0 Å². The number of thioether (sulfide) groups is 1. The summed E-state index contributed by atoms with van der Waals surface area (Å²) in [6.45, 7) is 0. The largest absolute Gasteiger partial charge is 0.339 e. The van der Waals surface area contributed by atoms with Crippen LogP contribution in [0.1, 0.15) is 56.7 Å². The van der Waals surface area contributed by atoms with Crippen LogP contribution in [0.4, 0.5) is 0 Å². The van der Waals surface area contributed by atoms with E-state index in [0.717, 1.165) is 23.2 Å². The van der Waals surface area contributed by atoms with Crippen LogP contribution in [0, 0.1) is 11.3 Å². The molecule has 1 aromatic heterocycles. The molecular formula is C13H19N3OS. The molecule has 0 amide bonds. The summed E-state index contributed by atoms with van der Waals surface area (Å²) in [4.78, 5) is 4.36. The smallest absolute Gasteiger partial charge is 0.226 e. The highest BCUT2D eigenvalue weighted by molar-refractivity contribution is 7.99. The van der Waals surface area contributed by atoms with Gasteiger partial charge in [0.15, 0.2) is 5.82 Å². The maximum atomic E-state index is 8.46. The predicted molar refractivity (Wildman–Crippen MR) is 71.0 cm³/mol. The first-order chi connectivity index (χ1) is 8.88. The monoisotopic (exact) mass is 265 g/mol. The van der Waals surface area contributed by atoms with Crippen molar-refractivity contribution < 1.29 is 4.52 Å². The average molecular weight is 265 g/mol. The highest BCUT2D eigenvalue weighted by Crippen LogP contribution is 2.29. The highest BCUT2D eigenvalue weighted by Gasteiger charge is 2.15. The first kappa shape index (κ1) is 13.4. The molecule has 0 N–H and O–H groups in total. The van der Waals surface area contributed by atoms with Gasteiger partial charge in [0.1, 0.15) is 0 Å². The van der Waals surface area contributed by atoms with Crippen LogP contribution in [0.2, 0.25) is 0 Å². The lowest BCUT2D eigenvalue weighted by atomic mass is 10.0. The first-order valence-electron chi connectivity index (χ1n) is 6.68. The predicted octanol–water partition coefficient (Wildman–Crippen LogP) is 3.48. The zero-order valence-corrected chi connectivity index (χ0v) is 11.4. The van der Waals surface area contributed by atoms with Crippen LogP contribution < -0.4 is 0 Å². The summed E-state index contributed by atoms with van der Waals surface area (Å²) >= 11 is 1.95. The van der Waals surface area contributed by atoms with Gasteiger partial charge >= 0.3 is 0 Å². The fourth-order valence-electron chi connectivity index (χ4n) is 2.19. The third-order valence-corrected chi connectivity index (χ3v) is 4.56. The molecule has 0 bridgehead atoms. The Morgan fingerprint density at radius 1 is 1.33 bits per heavy atom. The van der Waals surface area contributed by atoms with Crippen molar-refractivity contribution in [3.05, 3.63) is 11.7 Å². The Morgan fingerprint density at radius 3 is 2.94 bits per heavy atom. The minimum atomic E-state index is 0.550. The van der Waals surface area contributed by atoms with Crippen LogP contribution in [0.25, 0.3) is 0 Å². The molecule has 1 aliphatic carbocycles. The Kier molecular flexibility index (Phi) is 5.53. The molecule has 1 aliphatic rings. The van der Waals surface area contributed by atoms with Gasteiger partial charge in [-0.2, -0.15) is 22.0 Å². The van der Waals surface area contributed by atoms with Crippen molar-refractivity contribution in [3.63, 3.8) is 0 Å². The lowest BCUT2D eigenvalue weighted by molar-refractivity contribution is 0.372. The summed E-state index contributed by atoms with van der Waals surface area (Å²) in [5.74, 6) is 2.33. The van der Waals surface area contributed by atoms with E-state index in [0.29, 0.717) is 18.7 Å². The van der Waals surface area contributed by atoms with Crippen LogP contribution in [0.3, 0.4) is 0 Å². The van der Waals surface area contributed by atoms with Gasteiger partial charge in [0.05, 0.1) is 11.8 Å². The van der Waals surface area contributed by atoms with Gasteiger partial charge in [-0.25, -0.2) is 0 Å². The van der Waals surface area contributed by atoms with Crippen LogP contribution >= 0.6 is 11.8 Å². The Hall–Kier alpha value is -1.02. The van der Waals surface area contributed by atoms with Crippen molar-refractivity contribution in [1.29, 1.82) is 5.26 Å². The van der Waals surface area contributed by atoms with Crippen molar-refractivity contribution in [2.75, 3.05) is 0 Å². The highest BCUT2D eigenvalue weighted by atomic mass is 32.2. The van der Waals surface area contributed by atoms with Crippen molar-refractivity contribution >= 4 is 11.8 Å². The Morgan fingerprint density at radius 2 is 2.17 bits per heavy atom. The number of nitriles is 1. The number of unbranched alkanes of at least 4 members (excludes halogenated alkanes) is 1. The van der Waals surface area contributed by atoms with E-state index in [1.807, 2.05) is 11.8 Å². The topological polar surface area (TPSA) is 62.7 Å². The molecule has 4 nitrogen and oxygen atoms in total. The van der Waals surface area contributed by atoms with Gasteiger partial charge in [-0.3, -0.25) is 0 Å². The van der Waals surface area contributed by atoms with E-state index < -0.39 is 0 Å². The summed E-state index contributed by atoms with van der Waals surface area (Å²) in [6.07, 6.45) is 8.85. The van der Waals surface area contributed by atoms with Gasteiger partial charge in [0.2, 0.25) is 5.89 Å². The van der Waals surface area contributed by atoms with Crippen LogP contribution in [-0.2, 0) is 12.2 Å². The van der Waals surface area contributed by atoms with Crippen LogP contribution in [0.5, 0.6) is 0 Å². The van der Waals surface area contributed by atoms with Gasteiger partial charge in [-0.1, -0.05) is 24.4 Å². The molecule has 0 radical (unpaired) electrons. The van der Waals surface area contributed by atoms with Gasteiger partial charge in [-0.15, -0.1) is 0 Å². The lowest BCUT2D eigenvalue weighted by Crippen LogP contribution is -2.08. The molecule has 2 rings (SSSR count). The minimum Gasteiger partial charge on any atom is -0.339 e. The van der Waals surface area contributed by atoms with E-state index in [-0.39, 0.29) is 0 Å². The van der Waals surface area contributed by atoms with E-state index >= 15 is 0 Å². The van der Waals surface area contributed by atoms with Crippen molar-refractivity contribution in [2.45, 2.75) is 62.4 Å². The summed E-state index contributed by atoms with van der Waals surface area (Å²) in [5.41, 5.74) is 0. The minimum absolute atomic E-state index is 0.550. The summed E-state index contributed by atoms with van der Waals surface area (Å²) in [5, 5.41) is 13.2. The molecule has 0 atom stereocenters. The van der Waals surface area contributed by atoms with Gasteiger partial charge in [0.25, 0.3) is 0 Å². The summed E-state index contributed by atoms with van der Waals surface area (Å²) in [6, 6.07) is 2.12. The van der Waals surface area contributed by atoms with E-state index in [4.69, 9.17) is 9.78 Å². The fraction of sp³-hybridized carbons (Fsp3) is 0.769. The fourth-order valence-corrected chi connectivity index (χ4v) is 3.36. The van der Waals surface area contributed by atoms with Crippen LogP contribution in [0.15, 0.2) is 4.52 Å². The zero-order chi connectivity index (χ0) is 12.6. The Labute approximate surface area is 112 Å². The molecule has 98 valence electrons. The molecule has 0 aromatic carbocycles. The van der Waals surface area contributed by atoms with E-state index in [1.54, 1.807) is 0 Å². The molecule has 0 spiro atoms. The Bertz CT molecular complexity index is 393. The zero-order valence-electron chi connectivity index (χ0n) is 10.6. The number of hydrogen-bond donors (Lipinski definition) is 0. The third kappa shape index (κ3) is 4.34. The number of rotatable bonds is 6. The van der Waals surface area contributed by atoms with Crippen molar-refractivity contribution in [1.82, 2.24) is 10.1 Å². The second-order valence-corrected chi connectivity index (χ2v) is 5.98. The molecule has 18 heavy (non-hydrogen) atoms. The molecule has 1 fully saturated rings. The summed E-state index contributed by atoms with van der Waals surface area (Å²) < 4.78 is 5.17. The summed E-state index contributed by atoms with van der Waals surface area (Å²) in [7, 11) is 0. The second kappa shape index (κ2) is 7.42. The quantitative estimate of drug-likeness (QED) is 0.737. The lowest BCUT2D eigenvalue weighted by Gasteiger charge is -2.19. The molecule has 5 heteroatoms. The number of aryl methyl sites for hydroxylation is 1. The standard InChI is InChI=1S/C13H19N3OS/c14-9-5-4-8-13-15-12(16-17-13)10-18-11-6-2-1-3-7-11/h11H,1-8,10H2. The molecule has 1 saturated carbocycles. The molecule has 1 aromatic rings. The van der Waals surface area contributed by atoms with Crippen LogP contribution in [-0.4, -0.2) is 15.4 Å². The third-order valence-electron chi connectivity index (χ3n) is 3.19. The normalized spacial score (nSPS) is 16.6. The molecular weight excluding hydrogens is 246 g/mol. The Balaban J connectivity index is 1.71. The molecule has 0 aliphatic heterocycles. The van der Waals surface area contributed by atoms with E-state index in [2.05, 4.69) is 16.2 Å². The van der Waals surface area contributed by atoms with Crippen molar-refractivity contribution in [3.8, 4) is 6.07 Å². The van der Waals surface area contributed by atoms with Gasteiger partial charge < -0.3 is 4.52 Å². The number of nitrogens with zero attached hydrogens (tertiary/aromatic N) is 3. The second-order valence-electron chi connectivity index (χ2n) is 4.69. The molecule has 0 unspecified atom stereocenters. The number of aromatic nitrogens is 2.